The zero-order chi connectivity index (χ0) is 15.3. The van der Waals surface area contributed by atoms with Gasteiger partial charge in [0.2, 0.25) is 6.79 Å². The minimum Gasteiger partial charge on any atom is -0.454 e. The van der Waals surface area contributed by atoms with Gasteiger partial charge in [-0.05, 0) is 36.6 Å². The molecule has 5 rings (SSSR count). The molecule has 0 unspecified atom stereocenters. The standard InChI is InChI=1S/C19H15NO2S/c1-2-4-14(5-3-1)19(8-9-19)18-20-15(11-23-18)13-6-7-16-17(10-13)22-12-21-16/h1-7,10-11H,8-9,12H2. The molecule has 1 aliphatic heterocycles. The van der Waals surface area contributed by atoms with Crippen molar-refractivity contribution >= 4 is 11.3 Å². The van der Waals surface area contributed by atoms with Gasteiger partial charge in [0.25, 0.3) is 0 Å². The Labute approximate surface area is 138 Å². The third-order valence-corrected chi connectivity index (χ3v) is 5.70. The van der Waals surface area contributed by atoms with E-state index in [0.29, 0.717) is 6.79 Å². The van der Waals surface area contributed by atoms with Crippen molar-refractivity contribution in [1.29, 1.82) is 0 Å². The zero-order valence-electron chi connectivity index (χ0n) is 12.5. The fourth-order valence-corrected chi connectivity index (χ4v) is 4.30. The molecule has 0 spiro atoms. The van der Waals surface area contributed by atoms with Crippen LogP contribution in [0.25, 0.3) is 11.3 Å². The summed E-state index contributed by atoms with van der Waals surface area (Å²) in [7, 11) is 0. The summed E-state index contributed by atoms with van der Waals surface area (Å²) >= 11 is 1.76. The van der Waals surface area contributed by atoms with Crippen LogP contribution in [0, 0.1) is 0 Å². The average Bonchev–Trinajstić information content (AvgIpc) is 3.05. The fourth-order valence-electron chi connectivity index (χ4n) is 3.19. The van der Waals surface area contributed by atoms with Gasteiger partial charge in [0.05, 0.1) is 5.69 Å². The minimum absolute atomic E-state index is 0.139. The van der Waals surface area contributed by atoms with Crippen molar-refractivity contribution in [2.45, 2.75) is 18.3 Å². The van der Waals surface area contributed by atoms with Gasteiger partial charge in [0, 0.05) is 16.4 Å². The molecule has 2 aliphatic rings. The normalized spacial score (nSPS) is 17.2. The van der Waals surface area contributed by atoms with E-state index in [1.54, 1.807) is 11.3 Å². The van der Waals surface area contributed by atoms with Gasteiger partial charge in [-0.2, -0.15) is 0 Å². The topological polar surface area (TPSA) is 31.4 Å². The van der Waals surface area contributed by atoms with Crippen molar-refractivity contribution in [1.82, 2.24) is 4.98 Å². The summed E-state index contributed by atoms with van der Waals surface area (Å²) in [4.78, 5) is 4.94. The van der Waals surface area contributed by atoms with E-state index in [1.807, 2.05) is 12.1 Å². The predicted octanol–water partition coefficient (Wildman–Crippen LogP) is 4.62. The van der Waals surface area contributed by atoms with Gasteiger partial charge >= 0.3 is 0 Å². The quantitative estimate of drug-likeness (QED) is 0.705. The first-order valence-electron chi connectivity index (χ1n) is 7.77. The van der Waals surface area contributed by atoms with Crippen LogP contribution in [0.1, 0.15) is 23.4 Å². The molecule has 1 aliphatic carbocycles. The summed E-state index contributed by atoms with van der Waals surface area (Å²) < 4.78 is 10.8. The van der Waals surface area contributed by atoms with Crippen molar-refractivity contribution < 1.29 is 9.47 Å². The second-order valence-electron chi connectivity index (χ2n) is 6.05. The van der Waals surface area contributed by atoms with Crippen molar-refractivity contribution in [2.75, 3.05) is 6.79 Å². The van der Waals surface area contributed by atoms with Gasteiger partial charge in [-0.3, -0.25) is 0 Å². The van der Waals surface area contributed by atoms with Gasteiger partial charge in [0.1, 0.15) is 5.01 Å². The molecule has 0 amide bonds. The van der Waals surface area contributed by atoms with E-state index in [9.17, 15) is 0 Å². The van der Waals surface area contributed by atoms with Crippen molar-refractivity contribution in [3.05, 3.63) is 64.5 Å². The van der Waals surface area contributed by atoms with Crippen molar-refractivity contribution in [2.24, 2.45) is 0 Å². The van der Waals surface area contributed by atoms with E-state index >= 15 is 0 Å². The molecule has 0 atom stereocenters. The molecular weight excluding hydrogens is 306 g/mol. The van der Waals surface area contributed by atoms with Crippen LogP contribution < -0.4 is 9.47 Å². The highest BCUT2D eigenvalue weighted by molar-refractivity contribution is 7.10. The molecule has 4 heteroatoms. The lowest BCUT2D eigenvalue weighted by molar-refractivity contribution is 0.174. The van der Waals surface area contributed by atoms with Crippen LogP contribution in [-0.2, 0) is 5.41 Å². The molecule has 114 valence electrons. The molecule has 3 aromatic rings. The zero-order valence-corrected chi connectivity index (χ0v) is 13.3. The molecule has 2 heterocycles. The predicted molar refractivity (Wildman–Crippen MR) is 90.1 cm³/mol. The molecule has 0 saturated heterocycles. The lowest BCUT2D eigenvalue weighted by Crippen LogP contribution is -2.07. The summed E-state index contributed by atoms with van der Waals surface area (Å²) in [6.45, 7) is 0.304. The van der Waals surface area contributed by atoms with Crippen LogP contribution >= 0.6 is 11.3 Å². The molecule has 2 aromatic carbocycles. The summed E-state index contributed by atoms with van der Waals surface area (Å²) in [6.07, 6.45) is 2.37. The first-order valence-corrected chi connectivity index (χ1v) is 8.65. The summed E-state index contributed by atoms with van der Waals surface area (Å²) in [5.41, 5.74) is 3.62. The number of fused-ring (bicyclic) bond motifs is 1. The first-order chi connectivity index (χ1) is 11.4. The number of hydrogen-bond donors (Lipinski definition) is 0. The highest BCUT2D eigenvalue weighted by Crippen LogP contribution is 2.54. The van der Waals surface area contributed by atoms with Crippen molar-refractivity contribution in [3.63, 3.8) is 0 Å². The number of benzene rings is 2. The third-order valence-electron chi connectivity index (χ3n) is 4.66. The van der Waals surface area contributed by atoms with Gasteiger partial charge in [-0.25, -0.2) is 4.98 Å². The second-order valence-corrected chi connectivity index (χ2v) is 6.91. The van der Waals surface area contributed by atoms with E-state index in [0.717, 1.165) is 22.8 Å². The molecule has 0 bridgehead atoms. The minimum atomic E-state index is 0.139. The monoisotopic (exact) mass is 321 g/mol. The Kier molecular flexibility index (Phi) is 2.76. The van der Waals surface area contributed by atoms with Gasteiger partial charge < -0.3 is 9.47 Å². The number of ether oxygens (including phenoxy) is 2. The lowest BCUT2D eigenvalue weighted by Gasteiger charge is -2.12. The molecule has 0 N–H and O–H groups in total. The van der Waals surface area contributed by atoms with Gasteiger partial charge in [-0.1, -0.05) is 30.3 Å². The van der Waals surface area contributed by atoms with Crippen LogP contribution in [0.5, 0.6) is 11.5 Å². The van der Waals surface area contributed by atoms with Gasteiger partial charge in [-0.15, -0.1) is 11.3 Å². The van der Waals surface area contributed by atoms with E-state index in [4.69, 9.17) is 14.5 Å². The maximum Gasteiger partial charge on any atom is 0.231 e. The maximum absolute atomic E-state index is 5.47. The maximum atomic E-state index is 5.47. The highest BCUT2D eigenvalue weighted by atomic mass is 32.1. The van der Waals surface area contributed by atoms with Crippen LogP contribution in [0.3, 0.4) is 0 Å². The smallest absolute Gasteiger partial charge is 0.231 e. The summed E-state index contributed by atoms with van der Waals surface area (Å²) in [6, 6.07) is 16.8. The third kappa shape index (κ3) is 2.05. The molecule has 0 radical (unpaired) electrons. The molecule has 3 nitrogen and oxygen atoms in total. The first kappa shape index (κ1) is 13.1. The molecule has 1 fully saturated rings. The van der Waals surface area contributed by atoms with E-state index < -0.39 is 0 Å². The average molecular weight is 321 g/mol. The highest BCUT2D eigenvalue weighted by Gasteiger charge is 2.48. The van der Waals surface area contributed by atoms with E-state index in [2.05, 4.69) is 41.8 Å². The summed E-state index contributed by atoms with van der Waals surface area (Å²) in [5.74, 6) is 1.62. The number of nitrogens with zero attached hydrogens (tertiary/aromatic N) is 1. The second kappa shape index (κ2) is 4.83. The number of thiazole rings is 1. The van der Waals surface area contributed by atoms with Crippen LogP contribution in [0.15, 0.2) is 53.9 Å². The van der Waals surface area contributed by atoms with Crippen LogP contribution in [0.2, 0.25) is 0 Å². The Hall–Kier alpha value is -2.33. The molecule has 1 aromatic heterocycles. The Balaban J connectivity index is 1.52. The number of rotatable bonds is 3. The number of aromatic nitrogens is 1. The van der Waals surface area contributed by atoms with E-state index in [-0.39, 0.29) is 5.41 Å². The largest absolute Gasteiger partial charge is 0.454 e. The Bertz CT molecular complexity index is 868. The molecule has 23 heavy (non-hydrogen) atoms. The lowest BCUT2D eigenvalue weighted by atomic mass is 9.97. The fraction of sp³-hybridized carbons (Fsp3) is 0.211. The molecule has 1 saturated carbocycles. The Morgan fingerprint density at radius 3 is 2.61 bits per heavy atom. The molecular formula is C19H15NO2S. The Morgan fingerprint density at radius 1 is 0.957 bits per heavy atom. The van der Waals surface area contributed by atoms with Crippen LogP contribution in [-0.4, -0.2) is 11.8 Å². The van der Waals surface area contributed by atoms with Gasteiger partial charge in [0.15, 0.2) is 11.5 Å². The SMILES string of the molecule is c1ccc(C2(c3nc(-c4ccc5c(c4)OCO5)cs3)CC2)cc1. The number of hydrogen-bond acceptors (Lipinski definition) is 4. The van der Waals surface area contributed by atoms with E-state index in [1.165, 1.54) is 23.4 Å². The summed E-state index contributed by atoms with van der Waals surface area (Å²) in [5, 5.41) is 3.37. The van der Waals surface area contributed by atoms with Crippen LogP contribution in [0.4, 0.5) is 0 Å². The Morgan fingerprint density at radius 2 is 1.78 bits per heavy atom. The van der Waals surface area contributed by atoms with Crippen molar-refractivity contribution in [3.8, 4) is 22.8 Å².